The molecule has 0 aliphatic carbocycles. The summed E-state index contributed by atoms with van der Waals surface area (Å²) in [6.45, 7) is 4.25. The van der Waals surface area contributed by atoms with Crippen molar-refractivity contribution in [2.24, 2.45) is 0 Å². The Morgan fingerprint density at radius 2 is 1.45 bits per heavy atom. The van der Waals surface area contributed by atoms with Crippen molar-refractivity contribution in [1.29, 1.82) is 0 Å². The summed E-state index contributed by atoms with van der Waals surface area (Å²) >= 11 is 0. The Hall–Kier alpha value is -0.0800. The van der Waals surface area contributed by atoms with Gasteiger partial charge in [-0.25, -0.2) is 0 Å². The highest BCUT2D eigenvalue weighted by atomic mass is 16.7. The summed E-state index contributed by atoms with van der Waals surface area (Å²) in [6.07, 6.45) is 5.32. The van der Waals surface area contributed by atoms with E-state index in [9.17, 15) is 0 Å². The van der Waals surface area contributed by atoms with Gasteiger partial charge in [0, 0.05) is 12.8 Å². The number of hydrogen-bond donors (Lipinski definition) is 0. The van der Waals surface area contributed by atoms with Crippen molar-refractivity contribution in [3.8, 4) is 0 Å². The maximum atomic E-state index is 5.76. The molecule has 64 valence electrons. The van der Waals surface area contributed by atoms with Crippen molar-refractivity contribution in [2.45, 2.75) is 57.5 Å². The topological polar surface area (TPSA) is 18.5 Å². The number of rotatable bonds is 0. The molecule has 2 saturated heterocycles. The predicted octanol–water partition coefficient (Wildman–Crippen LogP) is 2.08. The molecule has 0 saturated carbocycles. The highest BCUT2D eigenvalue weighted by Gasteiger charge is 2.44. The third kappa shape index (κ3) is 1.30. The van der Waals surface area contributed by atoms with E-state index in [2.05, 4.69) is 13.8 Å². The van der Waals surface area contributed by atoms with Gasteiger partial charge in [0.15, 0.2) is 5.79 Å². The summed E-state index contributed by atoms with van der Waals surface area (Å²) in [7, 11) is 0. The smallest absolute Gasteiger partial charge is 0.169 e. The molecule has 0 radical (unpaired) electrons. The number of hydrogen-bond acceptors (Lipinski definition) is 2. The Bertz CT molecular complexity index is 138. The molecule has 2 fully saturated rings. The van der Waals surface area contributed by atoms with Crippen molar-refractivity contribution in [2.75, 3.05) is 0 Å². The van der Waals surface area contributed by atoms with E-state index < -0.39 is 0 Å². The Morgan fingerprint density at radius 3 is 1.73 bits per heavy atom. The fourth-order valence-corrected chi connectivity index (χ4v) is 2.09. The van der Waals surface area contributed by atoms with Crippen molar-refractivity contribution < 1.29 is 9.47 Å². The zero-order chi connectivity index (χ0) is 7.90. The molecule has 2 heterocycles. The Balaban J connectivity index is 2.02. The van der Waals surface area contributed by atoms with E-state index >= 15 is 0 Å². The Morgan fingerprint density at radius 1 is 1.00 bits per heavy atom. The van der Waals surface area contributed by atoms with E-state index in [4.69, 9.17) is 9.47 Å². The number of ether oxygens (including phenoxy) is 2. The van der Waals surface area contributed by atoms with E-state index in [0.29, 0.717) is 12.2 Å². The van der Waals surface area contributed by atoms with E-state index in [-0.39, 0.29) is 5.79 Å². The molecule has 0 aromatic heterocycles. The molecule has 0 N–H and O–H groups in total. The van der Waals surface area contributed by atoms with Crippen LogP contribution >= 0.6 is 0 Å². The first-order valence-corrected chi connectivity index (χ1v) is 4.56. The Labute approximate surface area is 67.9 Å². The van der Waals surface area contributed by atoms with Crippen LogP contribution in [0.25, 0.3) is 0 Å². The van der Waals surface area contributed by atoms with Gasteiger partial charge in [-0.15, -0.1) is 0 Å². The van der Waals surface area contributed by atoms with Gasteiger partial charge in [0.05, 0.1) is 12.2 Å². The Kier molecular flexibility index (Phi) is 1.69. The zero-order valence-corrected chi connectivity index (χ0v) is 7.30. The minimum Gasteiger partial charge on any atom is -0.347 e. The second kappa shape index (κ2) is 2.46. The van der Waals surface area contributed by atoms with Gasteiger partial charge in [0.25, 0.3) is 0 Å². The second-order valence-corrected chi connectivity index (χ2v) is 3.84. The summed E-state index contributed by atoms with van der Waals surface area (Å²) in [5.74, 6) is -0.168. The van der Waals surface area contributed by atoms with Crippen LogP contribution in [0.3, 0.4) is 0 Å². The van der Waals surface area contributed by atoms with Gasteiger partial charge < -0.3 is 9.47 Å². The molecule has 0 aromatic carbocycles. The van der Waals surface area contributed by atoms with E-state index in [1.165, 1.54) is 0 Å². The van der Waals surface area contributed by atoms with Crippen molar-refractivity contribution in [3.63, 3.8) is 0 Å². The van der Waals surface area contributed by atoms with Crippen molar-refractivity contribution >= 4 is 0 Å². The van der Waals surface area contributed by atoms with Crippen molar-refractivity contribution in [1.82, 2.24) is 0 Å². The molecular weight excluding hydrogens is 140 g/mol. The van der Waals surface area contributed by atoms with Crippen LogP contribution in [-0.2, 0) is 9.47 Å². The normalized spacial score (nSPS) is 42.0. The minimum absolute atomic E-state index is 0.168. The standard InChI is InChI=1S/C9H16O2/c1-7-3-5-9(10-7)6-4-8(2)11-9/h7-8H,3-6H2,1-2H3/t7-,8-,9?/m0/s1. The third-order valence-electron chi connectivity index (χ3n) is 2.70. The van der Waals surface area contributed by atoms with Gasteiger partial charge in [0.1, 0.15) is 0 Å². The van der Waals surface area contributed by atoms with Crippen LogP contribution < -0.4 is 0 Å². The van der Waals surface area contributed by atoms with Crippen LogP contribution in [0.1, 0.15) is 39.5 Å². The van der Waals surface area contributed by atoms with Gasteiger partial charge in [-0.05, 0) is 26.7 Å². The maximum absolute atomic E-state index is 5.76. The first-order chi connectivity index (χ1) is 5.20. The lowest BCUT2D eigenvalue weighted by molar-refractivity contribution is -0.210. The molecule has 2 aliphatic heterocycles. The van der Waals surface area contributed by atoms with Crippen molar-refractivity contribution in [3.05, 3.63) is 0 Å². The first kappa shape index (κ1) is 7.56. The summed E-state index contributed by atoms with van der Waals surface area (Å²) < 4.78 is 11.5. The van der Waals surface area contributed by atoms with Gasteiger partial charge in [-0.1, -0.05) is 0 Å². The summed E-state index contributed by atoms with van der Waals surface area (Å²) in [6, 6.07) is 0. The lowest BCUT2D eigenvalue weighted by Gasteiger charge is -2.23. The fraction of sp³-hybridized carbons (Fsp3) is 1.00. The molecule has 0 bridgehead atoms. The monoisotopic (exact) mass is 156 g/mol. The molecule has 2 nitrogen and oxygen atoms in total. The quantitative estimate of drug-likeness (QED) is 0.534. The molecule has 2 aliphatic rings. The maximum Gasteiger partial charge on any atom is 0.169 e. The summed E-state index contributed by atoms with van der Waals surface area (Å²) in [5, 5.41) is 0. The molecule has 2 heteroatoms. The molecule has 11 heavy (non-hydrogen) atoms. The van der Waals surface area contributed by atoms with Crippen LogP contribution in [0.2, 0.25) is 0 Å². The molecule has 0 aromatic rings. The average Bonchev–Trinajstić information content (AvgIpc) is 2.44. The van der Waals surface area contributed by atoms with E-state index in [0.717, 1.165) is 25.7 Å². The lowest BCUT2D eigenvalue weighted by Crippen LogP contribution is -2.28. The summed E-state index contributed by atoms with van der Waals surface area (Å²) in [5.41, 5.74) is 0. The molecule has 2 atom stereocenters. The summed E-state index contributed by atoms with van der Waals surface area (Å²) in [4.78, 5) is 0. The van der Waals surface area contributed by atoms with Crippen LogP contribution in [0, 0.1) is 0 Å². The van der Waals surface area contributed by atoms with Gasteiger partial charge in [0.2, 0.25) is 0 Å². The minimum atomic E-state index is -0.168. The van der Waals surface area contributed by atoms with Crippen LogP contribution in [0.15, 0.2) is 0 Å². The predicted molar refractivity (Wildman–Crippen MR) is 42.3 cm³/mol. The molecule has 1 spiro atoms. The van der Waals surface area contributed by atoms with Gasteiger partial charge in [-0.3, -0.25) is 0 Å². The van der Waals surface area contributed by atoms with Crippen LogP contribution in [0.5, 0.6) is 0 Å². The highest BCUT2D eigenvalue weighted by Crippen LogP contribution is 2.41. The largest absolute Gasteiger partial charge is 0.347 e. The van der Waals surface area contributed by atoms with E-state index in [1.807, 2.05) is 0 Å². The molecule has 0 unspecified atom stereocenters. The lowest BCUT2D eigenvalue weighted by atomic mass is 10.1. The SMILES string of the molecule is C[C@H]1CCC2(CC[C@H](C)O2)O1. The first-order valence-electron chi connectivity index (χ1n) is 4.56. The van der Waals surface area contributed by atoms with E-state index in [1.54, 1.807) is 0 Å². The highest BCUT2D eigenvalue weighted by molar-refractivity contribution is 4.85. The zero-order valence-electron chi connectivity index (χ0n) is 7.30. The molecular formula is C9H16O2. The molecule has 0 amide bonds. The van der Waals surface area contributed by atoms with Crippen LogP contribution in [0.4, 0.5) is 0 Å². The van der Waals surface area contributed by atoms with Crippen LogP contribution in [-0.4, -0.2) is 18.0 Å². The third-order valence-corrected chi connectivity index (χ3v) is 2.70. The van der Waals surface area contributed by atoms with Gasteiger partial charge >= 0.3 is 0 Å². The second-order valence-electron chi connectivity index (χ2n) is 3.84. The van der Waals surface area contributed by atoms with Gasteiger partial charge in [-0.2, -0.15) is 0 Å². The average molecular weight is 156 g/mol. The molecule has 2 rings (SSSR count). The fourth-order valence-electron chi connectivity index (χ4n) is 2.09.